The second kappa shape index (κ2) is 5.41. The van der Waals surface area contributed by atoms with Gasteiger partial charge in [0, 0.05) is 19.2 Å². The van der Waals surface area contributed by atoms with E-state index in [1.807, 2.05) is 6.92 Å². The Morgan fingerprint density at radius 3 is 2.81 bits per heavy atom. The van der Waals surface area contributed by atoms with E-state index in [1.165, 1.54) is 19.3 Å². The number of rotatable bonds is 6. The van der Waals surface area contributed by atoms with Gasteiger partial charge in [0.1, 0.15) is 0 Å². The molecule has 1 heterocycles. The van der Waals surface area contributed by atoms with Gasteiger partial charge in [-0.05, 0) is 26.2 Å². The van der Waals surface area contributed by atoms with Crippen LogP contribution in [-0.2, 0) is 6.54 Å². The minimum Gasteiger partial charge on any atom is -0.396 e. The van der Waals surface area contributed by atoms with Crippen LogP contribution < -0.4 is 0 Å². The molecule has 0 saturated heterocycles. The minimum atomic E-state index is 0.242. The molecule has 90 valence electrons. The number of aliphatic hydroxyl groups is 1. The lowest BCUT2D eigenvalue weighted by Crippen LogP contribution is -2.40. The van der Waals surface area contributed by atoms with Gasteiger partial charge in [-0.1, -0.05) is 11.6 Å². The lowest BCUT2D eigenvalue weighted by Gasteiger charge is -2.36. The van der Waals surface area contributed by atoms with Crippen molar-refractivity contribution in [3.05, 3.63) is 11.7 Å². The molecule has 0 radical (unpaired) electrons. The Morgan fingerprint density at radius 2 is 2.31 bits per heavy atom. The Kier molecular flexibility index (Phi) is 3.90. The van der Waals surface area contributed by atoms with Crippen LogP contribution in [0.15, 0.2) is 4.52 Å². The van der Waals surface area contributed by atoms with E-state index < -0.39 is 0 Å². The molecule has 1 aliphatic rings. The first-order valence-corrected chi connectivity index (χ1v) is 5.93. The van der Waals surface area contributed by atoms with Crippen molar-refractivity contribution < 1.29 is 9.63 Å². The molecule has 5 heteroatoms. The van der Waals surface area contributed by atoms with E-state index in [0.717, 1.165) is 13.0 Å². The van der Waals surface area contributed by atoms with Gasteiger partial charge in [0.05, 0.1) is 6.54 Å². The van der Waals surface area contributed by atoms with Crippen molar-refractivity contribution in [2.24, 2.45) is 0 Å². The third kappa shape index (κ3) is 2.80. The summed E-state index contributed by atoms with van der Waals surface area (Å²) in [6, 6.07) is 0.638. The summed E-state index contributed by atoms with van der Waals surface area (Å²) in [6.07, 6.45) is 4.61. The molecule has 2 rings (SSSR count). The average molecular weight is 225 g/mol. The summed E-state index contributed by atoms with van der Waals surface area (Å²) in [6.45, 7) is 3.69. The number of hydrogen-bond acceptors (Lipinski definition) is 5. The third-order valence-electron chi connectivity index (χ3n) is 3.10. The molecule has 0 aromatic carbocycles. The third-order valence-corrected chi connectivity index (χ3v) is 3.10. The fraction of sp³-hybridized carbons (Fsp3) is 0.818. The van der Waals surface area contributed by atoms with Gasteiger partial charge in [-0.25, -0.2) is 0 Å². The summed E-state index contributed by atoms with van der Waals surface area (Å²) in [7, 11) is 0. The van der Waals surface area contributed by atoms with E-state index in [0.29, 0.717) is 24.3 Å². The number of aryl methyl sites for hydroxylation is 1. The molecular formula is C11H19N3O2. The van der Waals surface area contributed by atoms with Crippen molar-refractivity contribution in [2.45, 2.75) is 45.2 Å². The molecule has 0 amide bonds. The maximum atomic E-state index is 8.88. The Morgan fingerprint density at radius 1 is 1.50 bits per heavy atom. The van der Waals surface area contributed by atoms with Crippen LogP contribution in [0.3, 0.4) is 0 Å². The Hall–Kier alpha value is -0.940. The lowest BCUT2D eigenvalue weighted by molar-refractivity contribution is 0.0969. The minimum absolute atomic E-state index is 0.242. The molecule has 1 N–H and O–H groups in total. The van der Waals surface area contributed by atoms with E-state index in [2.05, 4.69) is 15.0 Å². The first-order valence-electron chi connectivity index (χ1n) is 5.93. The van der Waals surface area contributed by atoms with Crippen molar-refractivity contribution >= 4 is 0 Å². The first kappa shape index (κ1) is 11.5. The van der Waals surface area contributed by atoms with Gasteiger partial charge in [0.2, 0.25) is 5.89 Å². The zero-order chi connectivity index (χ0) is 11.4. The molecular weight excluding hydrogens is 206 g/mol. The number of aliphatic hydroxyl groups excluding tert-OH is 1. The quantitative estimate of drug-likeness (QED) is 0.786. The summed E-state index contributed by atoms with van der Waals surface area (Å²) < 4.78 is 5.13. The largest absolute Gasteiger partial charge is 0.396 e. The standard InChI is InChI=1S/C11H19N3O2/c1-9-12-11(16-13-9)8-14(6-3-7-15)10-4-2-5-10/h10,15H,2-8H2,1H3. The molecule has 1 fully saturated rings. The van der Waals surface area contributed by atoms with Crippen LogP contribution in [0, 0.1) is 6.92 Å². The average Bonchev–Trinajstić information content (AvgIpc) is 2.58. The van der Waals surface area contributed by atoms with Gasteiger partial charge in [0.15, 0.2) is 5.82 Å². The summed E-state index contributed by atoms with van der Waals surface area (Å²) >= 11 is 0. The van der Waals surface area contributed by atoms with Crippen LogP contribution in [0.1, 0.15) is 37.4 Å². The maximum Gasteiger partial charge on any atom is 0.240 e. The summed E-state index contributed by atoms with van der Waals surface area (Å²) in [5, 5.41) is 12.7. The van der Waals surface area contributed by atoms with Gasteiger partial charge in [-0.2, -0.15) is 4.98 Å². The highest BCUT2D eigenvalue weighted by atomic mass is 16.5. The van der Waals surface area contributed by atoms with E-state index in [4.69, 9.17) is 9.63 Å². The second-order valence-corrected chi connectivity index (χ2v) is 4.37. The van der Waals surface area contributed by atoms with Gasteiger partial charge in [-0.15, -0.1) is 0 Å². The monoisotopic (exact) mass is 225 g/mol. The van der Waals surface area contributed by atoms with Crippen LogP contribution >= 0.6 is 0 Å². The second-order valence-electron chi connectivity index (χ2n) is 4.37. The van der Waals surface area contributed by atoms with Crippen LogP contribution in [0.25, 0.3) is 0 Å². The van der Waals surface area contributed by atoms with Gasteiger partial charge < -0.3 is 9.63 Å². The molecule has 1 aromatic heterocycles. The highest BCUT2D eigenvalue weighted by Crippen LogP contribution is 2.26. The Bertz CT molecular complexity index is 323. The number of hydrogen-bond donors (Lipinski definition) is 1. The zero-order valence-corrected chi connectivity index (χ0v) is 9.72. The SMILES string of the molecule is Cc1noc(CN(CCCO)C2CCC2)n1. The fourth-order valence-corrected chi connectivity index (χ4v) is 1.99. The van der Waals surface area contributed by atoms with Crippen molar-refractivity contribution in [1.82, 2.24) is 15.0 Å². The van der Waals surface area contributed by atoms with Crippen LogP contribution in [-0.4, -0.2) is 39.3 Å². The van der Waals surface area contributed by atoms with Crippen LogP contribution in [0.5, 0.6) is 0 Å². The normalized spacial score (nSPS) is 16.7. The summed E-state index contributed by atoms with van der Waals surface area (Å²) in [5.74, 6) is 1.37. The van der Waals surface area contributed by atoms with E-state index >= 15 is 0 Å². The van der Waals surface area contributed by atoms with E-state index in [-0.39, 0.29) is 6.61 Å². The van der Waals surface area contributed by atoms with Crippen molar-refractivity contribution in [2.75, 3.05) is 13.2 Å². The van der Waals surface area contributed by atoms with Gasteiger partial charge >= 0.3 is 0 Å². The molecule has 0 unspecified atom stereocenters. The smallest absolute Gasteiger partial charge is 0.240 e. The topological polar surface area (TPSA) is 62.4 Å². The summed E-state index contributed by atoms with van der Waals surface area (Å²) in [5.41, 5.74) is 0. The Balaban J connectivity index is 1.90. The predicted molar refractivity (Wildman–Crippen MR) is 58.8 cm³/mol. The molecule has 1 aliphatic carbocycles. The summed E-state index contributed by atoms with van der Waals surface area (Å²) in [4.78, 5) is 6.56. The number of aromatic nitrogens is 2. The number of nitrogens with zero attached hydrogens (tertiary/aromatic N) is 3. The van der Waals surface area contributed by atoms with Crippen molar-refractivity contribution in [3.63, 3.8) is 0 Å². The molecule has 0 atom stereocenters. The molecule has 1 saturated carbocycles. The van der Waals surface area contributed by atoms with Gasteiger partial charge in [0.25, 0.3) is 0 Å². The zero-order valence-electron chi connectivity index (χ0n) is 9.72. The molecule has 0 spiro atoms. The van der Waals surface area contributed by atoms with E-state index in [9.17, 15) is 0 Å². The van der Waals surface area contributed by atoms with Gasteiger partial charge in [-0.3, -0.25) is 4.90 Å². The van der Waals surface area contributed by atoms with Crippen molar-refractivity contribution in [3.8, 4) is 0 Å². The molecule has 16 heavy (non-hydrogen) atoms. The van der Waals surface area contributed by atoms with Crippen molar-refractivity contribution in [1.29, 1.82) is 0 Å². The van der Waals surface area contributed by atoms with E-state index in [1.54, 1.807) is 0 Å². The maximum absolute atomic E-state index is 8.88. The van der Waals surface area contributed by atoms with Crippen LogP contribution in [0.2, 0.25) is 0 Å². The molecule has 0 bridgehead atoms. The van der Waals surface area contributed by atoms with Crippen LogP contribution in [0.4, 0.5) is 0 Å². The predicted octanol–water partition coefficient (Wildman–Crippen LogP) is 1.11. The molecule has 1 aromatic rings. The Labute approximate surface area is 95.4 Å². The highest BCUT2D eigenvalue weighted by Gasteiger charge is 2.25. The molecule has 5 nitrogen and oxygen atoms in total. The first-order chi connectivity index (χ1) is 7.79. The molecule has 0 aliphatic heterocycles. The highest BCUT2D eigenvalue weighted by molar-refractivity contribution is 4.87. The lowest BCUT2D eigenvalue weighted by atomic mass is 9.91. The fourth-order valence-electron chi connectivity index (χ4n) is 1.99.